The second-order valence-electron chi connectivity index (χ2n) is 4.77. The number of hydrogen-bond acceptors (Lipinski definition) is 4. The molecule has 116 valence electrons. The number of hydrogen-bond donors (Lipinski definition) is 1. The van der Waals surface area contributed by atoms with Crippen molar-refractivity contribution in [2.75, 3.05) is 7.11 Å². The van der Waals surface area contributed by atoms with Crippen molar-refractivity contribution in [3.05, 3.63) is 64.3 Å². The summed E-state index contributed by atoms with van der Waals surface area (Å²) < 4.78 is 11.5. The first-order valence-corrected chi connectivity index (χ1v) is 7.61. The van der Waals surface area contributed by atoms with Crippen LogP contribution in [0.3, 0.4) is 0 Å². The van der Waals surface area contributed by atoms with Crippen molar-refractivity contribution in [3.63, 3.8) is 0 Å². The number of nitrogens with zero attached hydrogens (tertiary/aromatic N) is 1. The van der Waals surface area contributed by atoms with Crippen LogP contribution in [-0.4, -0.2) is 19.2 Å². The first kappa shape index (κ1) is 15.3. The highest BCUT2D eigenvalue weighted by Crippen LogP contribution is 2.23. The van der Waals surface area contributed by atoms with E-state index in [2.05, 4.69) is 26.5 Å². The minimum Gasteiger partial charge on any atom is -0.497 e. The van der Waals surface area contributed by atoms with Gasteiger partial charge in [-0.05, 0) is 42.0 Å². The van der Waals surface area contributed by atoms with E-state index in [1.807, 2.05) is 36.4 Å². The number of hydrazone groups is 1. The first-order chi connectivity index (χ1) is 11.2. The maximum absolute atomic E-state index is 12.1. The van der Waals surface area contributed by atoms with Crippen molar-refractivity contribution in [3.8, 4) is 5.75 Å². The molecule has 0 radical (unpaired) electrons. The quantitative estimate of drug-likeness (QED) is 0.556. The molecule has 23 heavy (non-hydrogen) atoms. The lowest BCUT2D eigenvalue weighted by Crippen LogP contribution is -2.16. The van der Waals surface area contributed by atoms with Crippen molar-refractivity contribution >= 4 is 39.0 Å². The van der Waals surface area contributed by atoms with Gasteiger partial charge in [-0.15, -0.1) is 0 Å². The predicted octanol–water partition coefficient (Wildman–Crippen LogP) is 3.97. The highest BCUT2D eigenvalue weighted by Gasteiger charge is 2.11. The van der Waals surface area contributed by atoms with Gasteiger partial charge in [0.05, 0.1) is 13.3 Å². The molecule has 3 aromatic rings. The van der Waals surface area contributed by atoms with Gasteiger partial charge in [0.2, 0.25) is 0 Å². The number of carbonyl (C=O) groups is 1. The molecule has 5 nitrogen and oxygen atoms in total. The summed E-state index contributed by atoms with van der Waals surface area (Å²) in [5, 5.41) is 4.78. The highest BCUT2D eigenvalue weighted by atomic mass is 79.9. The standard InChI is InChI=1S/C17H13BrN2O3/c1-22-14-4-2-3-11(7-14)10-19-20-17(21)16-9-12-8-13(18)5-6-15(12)23-16/h2-10H,1H3,(H,20,21)/b19-10+. The van der Waals surface area contributed by atoms with Gasteiger partial charge in [-0.25, -0.2) is 5.43 Å². The Morgan fingerprint density at radius 1 is 1.26 bits per heavy atom. The normalized spacial score (nSPS) is 11.0. The number of ether oxygens (including phenoxy) is 1. The molecule has 0 aliphatic carbocycles. The zero-order chi connectivity index (χ0) is 16.2. The number of benzene rings is 2. The Bertz CT molecular complexity index is 886. The van der Waals surface area contributed by atoms with E-state index in [4.69, 9.17) is 9.15 Å². The van der Waals surface area contributed by atoms with E-state index >= 15 is 0 Å². The number of carbonyl (C=O) groups excluding carboxylic acids is 1. The van der Waals surface area contributed by atoms with Crippen molar-refractivity contribution in [2.45, 2.75) is 0 Å². The third-order valence-corrected chi connectivity index (χ3v) is 3.67. The fourth-order valence-corrected chi connectivity index (χ4v) is 2.45. The summed E-state index contributed by atoms with van der Waals surface area (Å²) in [6.07, 6.45) is 1.54. The van der Waals surface area contributed by atoms with Crippen LogP contribution in [0.15, 0.2) is 62.5 Å². The molecule has 1 heterocycles. The van der Waals surface area contributed by atoms with E-state index in [-0.39, 0.29) is 5.76 Å². The molecule has 0 spiro atoms. The SMILES string of the molecule is COc1cccc(/C=N/NC(=O)c2cc3cc(Br)ccc3o2)c1. The molecule has 0 unspecified atom stereocenters. The van der Waals surface area contributed by atoms with Gasteiger partial charge in [0.1, 0.15) is 11.3 Å². The number of nitrogens with one attached hydrogen (secondary N) is 1. The summed E-state index contributed by atoms with van der Waals surface area (Å²) in [4.78, 5) is 12.1. The van der Waals surface area contributed by atoms with Crippen LogP contribution in [-0.2, 0) is 0 Å². The van der Waals surface area contributed by atoms with Crippen LogP contribution in [0.25, 0.3) is 11.0 Å². The van der Waals surface area contributed by atoms with E-state index in [0.29, 0.717) is 5.58 Å². The summed E-state index contributed by atoms with van der Waals surface area (Å²) in [6, 6.07) is 14.6. The van der Waals surface area contributed by atoms with Crippen molar-refractivity contribution in [2.24, 2.45) is 5.10 Å². The zero-order valence-corrected chi connectivity index (χ0v) is 13.8. The maximum Gasteiger partial charge on any atom is 0.307 e. The Hall–Kier alpha value is -2.60. The zero-order valence-electron chi connectivity index (χ0n) is 12.2. The van der Waals surface area contributed by atoms with E-state index in [0.717, 1.165) is 21.2 Å². The first-order valence-electron chi connectivity index (χ1n) is 6.82. The Morgan fingerprint density at radius 2 is 2.13 bits per heavy atom. The summed E-state index contributed by atoms with van der Waals surface area (Å²) in [5.74, 6) is 0.528. The van der Waals surface area contributed by atoms with Crippen LogP contribution in [0.5, 0.6) is 5.75 Å². The van der Waals surface area contributed by atoms with Crippen LogP contribution in [0.4, 0.5) is 0 Å². The molecule has 6 heteroatoms. The monoisotopic (exact) mass is 372 g/mol. The van der Waals surface area contributed by atoms with E-state index < -0.39 is 5.91 Å². The lowest BCUT2D eigenvalue weighted by molar-refractivity contribution is 0.0929. The summed E-state index contributed by atoms with van der Waals surface area (Å²) >= 11 is 3.38. The van der Waals surface area contributed by atoms with Gasteiger partial charge < -0.3 is 9.15 Å². The Labute approximate surface area is 141 Å². The van der Waals surface area contributed by atoms with Gasteiger partial charge in [-0.3, -0.25) is 4.79 Å². The second-order valence-corrected chi connectivity index (χ2v) is 5.68. The number of halogens is 1. The van der Waals surface area contributed by atoms with Crippen LogP contribution < -0.4 is 10.2 Å². The van der Waals surface area contributed by atoms with Crippen LogP contribution in [0, 0.1) is 0 Å². The Balaban J connectivity index is 1.71. The molecule has 0 aliphatic rings. The van der Waals surface area contributed by atoms with Crippen molar-refractivity contribution in [1.29, 1.82) is 0 Å². The van der Waals surface area contributed by atoms with Gasteiger partial charge >= 0.3 is 5.91 Å². The van der Waals surface area contributed by atoms with E-state index in [1.165, 1.54) is 0 Å². The molecule has 0 saturated carbocycles. The summed E-state index contributed by atoms with van der Waals surface area (Å²) in [6.45, 7) is 0. The fourth-order valence-electron chi connectivity index (χ4n) is 2.07. The van der Waals surface area contributed by atoms with Gasteiger partial charge in [-0.2, -0.15) is 5.10 Å². The number of fused-ring (bicyclic) bond motifs is 1. The molecule has 2 aromatic carbocycles. The summed E-state index contributed by atoms with van der Waals surface area (Å²) in [7, 11) is 1.60. The average molecular weight is 373 g/mol. The number of methoxy groups -OCH3 is 1. The van der Waals surface area contributed by atoms with Crippen LogP contribution >= 0.6 is 15.9 Å². The minimum absolute atomic E-state index is 0.209. The third-order valence-electron chi connectivity index (χ3n) is 3.18. The molecule has 0 aliphatic heterocycles. The largest absolute Gasteiger partial charge is 0.497 e. The van der Waals surface area contributed by atoms with Gasteiger partial charge in [0.25, 0.3) is 0 Å². The molecular weight excluding hydrogens is 360 g/mol. The summed E-state index contributed by atoms with van der Waals surface area (Å²) in [5.41, 5.74) is 3.91. The fraction of sp³-hybridized carbons (Fsp3) is 0.0588. The minimum atomic E-state index is -0.406. The average Bonchev–Trinajstić information content (AvgIpc) is 2.98. The number of amides is 1. The maximum atomic E-state index is 12.1. The van der Waals surface area contributed by atoms with Gasteiger partial charge in [-0.1, -0.05) is 28.1 Å². The van der Waals surface area contributed by atoms with Crippen molar-refractivity contribution < 1.29 is 13.9 Å². The van der Waals surface area contributed by atoms with Crippen LogP contribution in [0.1, 0.15) is 16.1 Å². The molecule has 3 rings (SSSR count). The second kappa shape index (κ2) is 6.66. The lowest BCUT2D eigenvalue weighted by atomic mass is 10.2. The van der Waals surface area contributed by atoms with E-state index in [9.17, 15) is 4.79 Å². The van der Waals surface area contributed by atoms with Crippen LogP contribution in [0.2, 0.25) is 0 Å². The van der Waals surface area contributed by atoms with Gasteiger partial charge in [0, 0.05) is 9.86 Å². The molecule has 1 aromatic heterocycles. The predicted molar refractivity (Wildman–Crippen MR) is 92.0 cm³/mol. The molecule has 0 atom stereocenters. The lowest BCUT2D eigenvalue weighted by Gasteiger charge is -1.99. The molecule has 1 amide bonds. The molecule has 1 N–H and O–H groups in total. The molecule has 0 fully saturated rings. The molecule has 0 bridgehead atoms. The smallest absolute Gasteiger partial charge is 0.307 e. The van der Waals surface area contributed by atoms with Gasteiger partial charge in [0.15, 0.2) is 5.76 Å². The number of furan rings is 1. The third kappa shape index (κ3) is 3.60. The van der Waals surface area contributed by atoms with Crippen molar-refractivity contribution in [1.82, 2.24) is 5.43 Å². The number of rotatable bonds is 4. The Kier molecular flexibility index (Phi) is 4.43. The Morgan fingerprint density at radius 3 is 2.96 bits per heavy atom. The molecule has 0 saturated heterocycles. The van der Waals surface area contributed by atoms with E-state index in [1.54, 1.807) is 25.5 Å². The topological polar surface area (TPSA) is 63.8 Å². The highest BCUT2D eigenvalue weighted by molar-refractivity contribution is 9.10. The molecular formula is C17H13BrN2O3.